The van der Waals surface area contributed by atoms with E-state index in [1.165, 1.54) is 0 Å². The lowest BCUT2D eigenvalue weighted by Crippen LogP contribution is -2.34. The Hall–Kier alpha value is -3.38. The third kappa shape index (κ3) is 7.39. The van der Waals surface area contributed by atoms with E-state index in [2.05, 4.69) is 17.6 Å². The van der Waals surface area contributed by atoms with Gasteiger partial charge in [-0.2, -0.15) is 0 Å². The number of rotatable bonds is 10. The average molecular weight is 449 g/mol. The first-order valence-corrected chi connectivity index (χ1v) is 11.2. The van der Waals surface area contributed by atoms with Crippen LogP contribution in [0.1, 0.15) is 42.1 Å². The number of nitrogens with one attached hydrogen (secondary N) is 2. The van der Waals surface area contributed by atoms with Crippen molar-refractivity contribution in [3.8, 4) is 11.5 Å². The van der Waals surface area contributed by atoms with Gasteiger partial charge in [-0.1, -0.05) is 68.3 Å². The van der Waals surface area contributed by atoms with Gasteiger partial charge in [0.2, 0.25) is 0 Å². The zero-order valence-electron chi connectivity index (χ0n) is 18.2. The predicted octanol–water partition coefficient (Wildman–Crippen LogP) is 5.96. The standard InChI is InChI=1S/C26H28N2O3S/c1-2-3-9-17-30-24-16-8-7-15-23(24)25(29)28-26(32)27-21-13-10-14-22(18-21)31-19-20-11-5-4-6-12-20/h4-8,10-16,18H,2-3,9,17,19H2,1H3,(H2,27,28,29,32). The molecule has 0 saturated heterocycles. The molecule has 5 nitrogen and oxygen atoms in total. The molecule has 0 radical (unpaired) electrons. The second-order valence-corrected chi connectivity index (χ2v) is 7.67. The quantitative estimate of drug-likeness (QED) is 0.296. The van der Waals surface area contributed by atoms with Gasteiger partial charge in [-0.3, -0.25) is 10.1 Å². The Morgan fingerprint density at radius 1 is 0.906 bits per heavy atom. The molecule has 0 aliphatic heterocycles. The van der Waals surface area contributed by atoms with Crippen molar-refractivity contribution in [3.05, 3.63) is 90.0 Å². The van der Waals surface area contributed by atoms with E-state index in [9.17, 15) is 4.79 Å². The van der Waals surface area contributed by atoms with E-state index in [0.717, 1.165) is 30.5 Å². The minimum atomic E-state index is -0.315. The van der Waals surface area contributed by atoms with Crippen LogP contribution in [0.5, 0.6) is 11.5 Å². The maximum absolute atomic E-state index is 12.7. The van der Waals surface area contributed by atoms with Crippen LogP contribution in [0.3, 0.4) is 0 Å². The molecule has 3 aromatic carbocycles. The Morgan fingerprint density at radius 3 is 2.50 bits per heavy atom. The van der Waals surface area contributed by atoms with Crippen LogP contribution in [0.4, 0.5) is 5.69 Å². The fraction of sp³-hybridized carbons (Fsp3) is 0.231. The van der Waals surface area contributed by atoms with E-state index in [1.54, 1.807) is 18.2 Å². The number of amides is 1. The number of anilines is 1. The number of ether oxygens (including phenoxy) is 2. The van der Waals surface area contributed by atoms with E-state index >= 15 is 0 Å². The summed E-state index contributed by atoms with van der Waals surface area (Å²) in [4.78, 5) is 12.7. The molecule has 0 heterocycles. The molecule has 0 atom stereocenters. The van der Waals surface area contributed by atoms with Gasteiger partial charge in [-0.25, -0.2) is 0 Å². The summed E-state index contributed by atoms with van der Waals surface area (Å²) in [5.41, 5.74) is 2.27. The van der Waals surface area contributed by atoms with Gasteiger partial charge in [0, 0.05) is 11.8 Å². The lowest BCUT2D eigenvalue weighted by atomic mass is 10.2. The van der Waals surface area contributed by atoms with Gasteiger partial charge in [0.15, 0.2) is 5.11 Å². The Kier molecular flexibility index (Phi) is 9.07. The lowest BCUT2D eigenvalue weighted by Gasteiger charge is -2.14. The maximum atomic E-state index is 12.7. The largest absolute Gasteiger partial charge is 0.493 e. The average Bonchev–Trinajstić information content (AvgIpc) is 2.81. The van der Waals surface area contributed by atoms with Crippen molar-refractivity contribution in [3.63, 3.8) is 0 Å². The number of thiocarbonyl (C=S) groups is 1. The summed E-state index contributed by atoms with van der Waals surface area (Å²) in [6.07, 6.45) is 3.16. The minimum Gasteiger partial charge on any atom is -0.493 e. The molecule has 2 N–H and O–H groups in total. The molecule has 0 spiro atoms. The molecule has 6 heteroatoms. The zero-order chi connectivity index (χ0) is 22.6. The number of carbonyl (C=O) groups excluding carboxylic acids is 1. The summed E-state index contributed by atoms with van der Waals surface area (Å²) in [5, 5.41) is 5.97. The van der Waals surface area contributed by atoms with Gasteiger partial charge in [-0.05, 0) is 48.5 Å². The SMILES string of the molecule is CCCCCOc1ccccc1C(=O)NC(=S)Nc1cccc(OCc2ccccc2)c1. The minimum absolute atomic E-state index is 0.205. The summed E-state index contributed by atoms with van der Waals surface area (Å²) >= 11 is 5.34. The summed E-state index contributed by atoms with van der Waals surface area (Å²) in [7, 11) is 0. The van der Waals surface area contributed by atoms with Crippen molar-refractivity contribution in [2.75, 3.05) is 11.9 Å². The van der Waals surface area contributed by atoms with Crippen LogP contribution in [0.2, 0.25) is 0 Å². The fourth-order valence-corrected chi connectivity index (χ4v) is 3.26. The molecule has 1 amide bonds. The predicted molar refractivity (Wildman–Crippen MR) is 132 cm³/mol. The van der Waals surface area contributed by atoms with Crippen LogP contribution in [0.25, 0.3) is 0 Å². The number of hydrogen-bond donors (Lipinski definition) is 2. The topological polar surface area (TPSA) is 59.6 Å². The Bertz CT molecular complexity index is 1020. The van der Waals surface area contributed by atoms with Gasteiger partial charge in [0.1, 0.15) is 18.1 Å². The molecule has 166 valence electrons. The molecule has 3 aromatic rings. The summed E-state index contributed by atoms with van der Waals surface area (Å²) in [6, 6.07) is 24.6. The molecule has 0 aliphatic rings. The fourth-order valence-electron chi connectivity index (χ4n) is 3.05. The van der Waals surface area contributed by atoms with Gasteiger partial charge in [0.05, 0.1) is 12.2 Å². The summed E-state index contributed by atoms with van der Waals surface area (Å²) < 4.78 is 11.6. The maximum Gasteiger partial charge on any atom is 0.261 e. The van der Waals surface area contributed by atoms with Crippen LogP contribution in [0, 0.1) is 0 Å². The number of hydrogen-bond acceptors (Lipinski definition) is 4. The second kappa shape index (κ2) is 12.5. The Labute approximate surface area is 194 Å². The summed E-state index contributed by atoms with van der Waals surface area (Å²) in [5.74, 6) is 0.948. The summed E-state index contributed by atoms with van der Waals surface area (Å²) in [6.45, 7) is 3.19. The third-order valence-corrected chi connectivity index (χ3v) is 4.91. The van der Waals surface area contributed by atoms with E-state index in [4.69, 9.17) is 21.7 Å². The van der Waals surface area contributed by atoms with Crippen molar-refractivity contribution in [1.82, 2.24) is 5.32 Å². The van der Waals surface area contributed by atoms with Crippen LogP contribution in [0.15, 0.2) is 78.9 Å². The molecule has 0 aliphatic carbocycles. The van der Waals surface area contributed by atoms with Crippen molar-refractivity contribution in [2.45, 2.75) is 32.8 Å². The number of benzene rings is 3. The molecule has 0 saturated carbocycles. The van der Waals surface area contributed by atoms with Gasteiger partial charge in [-0.15, -0.1) is 0 Å². The normalized spacial score (nSPS) is 10.3. The molecular weight excluding hydrogens is 420 g/mol. The lowest BCUT2D eigenvalue weighted by molar-refractivity contribution is 0.0973. The Balaban J connectivity index is 1.55. The highest BCUT2D eigenvalue weighted by Gasteiger charge is 2.13. The van der Waals surface area contributed by atoms with Crippen LogP contribution < -0.4 is 20.1 Å². The first kappa shape index (κ1) is 23.3. The molecule has 0 aromatic heterocycles. The molecule has 3 rings (SSSR count). The van der Waals surface area contributed by atoms with Gasteiger partial charge < -0.3 is 14.8 Å². The van der Waals surface area contributed by atoms with Gasteiger partial charge >= 0.3 is 0 Å². The van der Waals surface area contributed by atoms with Crippen molar-refractivity contribution >= 4 is 28.9 Å². The molecule has 0 bridgehead atoms. The zero-order valence-corrected chi connectivity index (χ0v) is 19.0. The van der Waals surface area contributed by atoms with E-state index in [1.807, 2.05) is 60.7 Å². The molecule has 0 unspecified atom stereocenters. The molecule has 32 heavy (non-hydrogen) atoms. The molecular formula is C26H28N2O3S. The second-order valence-electron chi connectivity index (χ2n) is 7.26. The van der Waals surface area contributed by atoms with E-state index < -0.39 is 0 Å². The smallest absolute Gasteiger partial charge is 0.261 e. The number of para-hydroxylation sites is 1. The first-order valence-electron chi connectivity index (χ1n) is 10.8. The van der Waals surface area contributed by atoms with Crippen molar-refractivity contribution in [2.24, 2.45) is 0 Å². The van der Waals surface area contributed by atoms with E-state index in [-0.39, 0.29) is 11.0 Å². The van der Waals surface area contributed by atoms with Crippen molar-refractivity contribution < 1.29 is 14.3 Å². The molecule has 0 fully saturated rings. The highest BCUT2D eigenvalue weighted by molar-refractivity contribution is 7.80. The van der Waals surface area contributed by atoms with Crippen molar-refractivity contribution in [1.29, 1.82) is 0 Å². The monoisotopic (exact) mass is 448 g/mol. The highest BCUT2D eigenvalue weighted by Crippen LogP contribution is 2.20. The van der Waals surface area contributed by atoms with Crippen LogP contribution in [-0.4, -0.2) is 17.6 Å². The number of carbonyl (C=O) groups is 1. The van der Waals surface area contributed by atoms with Crippen LogP contribution in [-0.2, 0) is 6.61 Å². The Morgan fingerprint density at radius 2 is 1.69 bits per heavy atom. The van der Waals surface area contributed by atoms with Crippen LogP contribution >= 0.6 is 12.2 Å². The highest BCUT2D eigenvalue weighted by atomic mass is 32.1. The first-order chi connectivity index (χ1) is 15.7. The number of unbranched alkanes of at least 4 members (excludes halogenated alkanes) is 2. The van der Waals surface area contributed by atoms with E-state index in [0.29, 0.717) is 30.3 Å². The third-order valence-electron chi connectivity index (χ3n) is 4.70. The van der Waals surface area contributed by atoms with Gasteiger partial charge in [0.25, 0.3) is 5.91 Å².